The summed E-state index contributed by atoms with van der Waals surface area (Å²) in [7, 11) is 0. The number of nitrogens with zero attached hydrogens (tertiary/aromatic N) is 1. The van der Waals surface area contributed by atoms with Crippen molar-refractivity contribution in [3.05, 3.63) is 35.1 Å². The molecule has 0 radical (unpaired) electrons. The number of nitrogens with two attached hydrogens (primary N) is 1. The summed E-state index contributed by atoms with van der Waals surface area (Å²) < 4.78 is 12.9. The van der Waals surface area contributed by atoms with Crippen LogP contribution in [0.15, 0.2) is 24.3 Å². The van der Waals surface area contributed by atoms with E-state index in [9.17, 15) is 4.39 Å². The van der Waals surface area contributed by atoms with Crippen molar-refractivity contribution in [3.8, 4) is 11.3 Å². The van der Waals surface area contributed by atoms with Crippen molar-refractivity contribution in [1.29, 1.82) is 0 Å². The number of nitrogen functional groups attached to an aromatic ring is 1. The zero-order chi connectivity index (χ0) is 10.1. The van der Waals surface area contributed by atoms with E-state index >= 15 is 0 Å². The van der Waals surface area contributed by atoms with Gasteiger partial charge in [0.15, 0.2) is 0 Å². The van der Waals surface area contributed by atoms with Gasteiger partial charge in [0.05, 0.1) is 10.7 Å². The Hall–Kier alpha value is -1.55. The van der Waals surface area contributed by atoms with Crippen molar-refractivity contribution in [1.82, 2.24) is 10.2 Å². The van der Waals surface area contributed by atoms with E-state index in [2.05, 4.69) is 10.2 Å². The third-order valence-corrected chi connectivity index (χ3v) is 2.15. The van der Waals surface area contributed by atoms with Gasteiger partial charge in [-0.05, 0) is 18.2 Å². The fourth-order valence-electron chi connectivity index (χ4n) is 1.18. The summed E-state index contributed by atoms with van der Waals surface area (Å²) in [5, 5.41) is 6.85. The molecule has 0 amide bonds. The first-order valence-corrected chi connectivity index (χ1v) is 4.31. The Kier molecular flexibility index (Phi) is 2.13. The van der Waals surface area contributed by atoms with Crippen LogP contribution in [0.25, 0.3) is 11.3 Å². The standard InChI is InChI=1S/C9H7ClFN3/c10-7-2-1-5(11)3-6(7)8-4-9(12)14-13-8/h1-4H,(H3,12,13,14). The van der Waals surface area contributed by atoms with E-state index in [-0.39, 0.29) is 5.82 Å². The van der Waals surface area contributed by atoms with E-state index in [0.29, 0.717) is 22.1 Å². The van der Waals surface area contributed by atoms with Crippen molar-refractivity contribution < 1.29 is 4.39 Å². The number of hydrogen-bond donors (Lipinski definition) is 2. The molecule has 14 heavy (non-hydrogen) atoms. The Morgan fingerprint density at radius 2 is 2.14 bits per heavy atom. The summed E-state index contributed by atoms with van der Waals surface area (Å²) in [6.07, 6.45) is 0. The SMILES string of the molecule is Nc1cc(-c2cc(F)ccc2Cl)[nH]n1. The number of nitrogens with one attached hydrogen (secondary N) is 1. The van der Waals surface area contributed by atoms with Crippen molar-refractivity contribution in [2.75, 3.05) is 5.73 Å². The molecule has 0 spiro atoms. The smallest absolute Gasteiger partial charge is 0.145 e. The molecule has 1 heterocycles. The molecule has 5 heteroatoms. The second-order valence-corrected chi connectivity index (χ2v) is 3.24. The molecule has 2 aromatic rings. The highest BCUT2D eigenvalue weighted by atomic mass is 35.5. The van der Waals surface area contributed by atoms with Gasteiger partial charge in [-0.25, -0.2) is 4.39 Å². The molecule has 3 nitrogen and oxygen atoms in total. The Morgan fingerprint density at radius 3 is 2.79 bits per heavy atom. The second-order valence-electron chi connectivity index (χ2n) is 2.83. The van der Waals surface area contributed by atoms with Crippen LogP contribution in [0, 0.1) is 5.82 Å². The lowest BCUT2D eigenvalue weighted by molar-refractivity contribution is 0.628. The molecule has 0 aliphatic heterocycles. The first-order valence-electron chi connectivity index (χ1n) is 3.93. The average molecular weight is 212 g/mol. The maximum atomic E-state index is 12.9. The maximum Gasteiger partial charge on any atom is 0.145 e. The first kappa shape index (κ1) is 9.02. The number of halogens is 2. The molecule has 0 unspecified atom stereocenters. The predicted octanol–water partition coefficient (Wildman–Crippen LogP) is 2.45. The van der Waals surface area contributed by atoms with E-state index in [0.717, 1.165) is 0 Å². The van der Waals surface area contributed by atoms with Crippen molar-refractivity contribution in [3.63, 3.8) is 0 Å². The summed E-state index contributed by atoms with van der Waals surface area (Å²) in [5.74, 6) is -0.00195. The number of aromatic nitrogens is 2. The molecular weight excluding hydrogens is 205 g/mol. The van der Waals surface area contributed by atoms with Gasteiger partial charge in [0.1, 0.15) is 11.6 Å². The molecule has 0 saturated carbocycles. The van der Waals surface area contributed by atoms with E-state index < -0.39 is 0 Å². The summed E-state index contributed by atoms with van der Waals surface area (Å²) in [6.45, 7) is 0. The van der Waals surface area contributed by atoms with Crippen molar-refractivity contribution in [2.45, 2.75) is 0 Å². The number of aromatic amines is 1. The summed E-state index contributed by atoms with van der Waals surface area (Å²) in [6, 6.07) is 5.71. The highest BCUT2D eigenvalue weighted by Gasteiger charge is 2.07. The highest BCUT2D eigenvalue weighted by Crippen LogP contribution is 2.27. The van der Waals surface area contributed by atoms with E-state index in [1.807, 2.05) is 0 Å². The highest BCUT2D eigenvalue weighted by molar-refractivity contribution is 6.33. The van der Waals surface area contributed by atoms with Crippen LogP contribution in [0.1, 0.15) is 0 Å². The number of anilines is 1. The Labute approximate surface area is 84.7 Å². The molecule has 0 atom stereocenters. The van der Waals surface area contributed by atoms with E-state index in [1.165, 1.54) is 18.2 Å². The topological polar surface area (TPSA) is 54.7 Å². The molecule has 1 aromatic carbocycles. The number of hydrogen-bond acceptors (Lipinski definition) is 2. The van der Waals surface area contributed by atoms with Crippen LogP contribution in [-0.4, -0.2) is 10.2 Å². The lowest BCUT2D eigenvalue weighted by Crippen LogP contribution is -1.82. The van der Waals surface area contributed by atoms with Crippen molar-refractivity contribution in [2.24, 2.45) is 0 Å². The third kappa shape index (κ3) is 1.56. The van der Waals surface area contributed by atoms with Gasteiger partial charge in [-0.15, -0.1) is 0 Å². The fraction of sp³-hybridized carbons (Fsp3) is 0. The lowest BCUT2D eigenvalue weighted by Gasteiger charge is -2.00. The van der Waals surface area contributed by atoms with Gasteiger partial charge in [0, 0.05) is 11.6 Å². The summed E-state index contributed by atoms with van der Waals surface area (Å²) in [5.41, 5.74) is 6.58. The largest absolute Gasteiger partial charge is 0.382 e. The van der Waals surface area contributed by atoms with Crippen molar-refractivity contribution >= 4 is 17.4 Å². The molecule has 0 bridgehead atoms. The molecule has 0 fully saturated rings. The molecule has 0 saturated heterocycles. The molecular formula is C9H7ClFN3. The van der Waals surface area contributed by atoms with Crippen LogP contribution < -0.4 is 5.73 Å². The third-order valence-electron chi connectivity index (χ3n) is 1.82. The van der Waals surface area contributed by atoms with Crippen LogP contribution in [-0.2, 0) is 0 Å². The maximum absolute atomic E-state index is 12.9. The van der Waals surface area contributed by atoms with Crippen LogP contribution in [0.5, 0.6) is 0 Å². The Balaban J connectivity index is 2.55. The fourth-order valence-corrected chi connectivity index (χ4v) is 1.40. The number of rotatable bonds is 1. The van der Waals surface area contributed by atoms with Gasteiger partial charge in [0.25, 0.3) is 0 Å². The molecule has 1 aromatic heterocycles. The molecule has 72 valence electrons. The zero-order valence-electron chi connectivity index (χ0n) is 7.09. The normalized spacial score (nSPS) is 10.4. The number of H-pyrrole nitrogens is 1. The predicted molar refractivity (Wildman–Crippen MR) is 53.4 cm³/mol. The number of benzene rings is 1. The van der Waals surface area contributed by atoms with Crippen LogP contribution in [0.2, 0.25) is 5.02 Å². The molecule has 0 aliphatic rings. The monoisotopic (exact) mass is 211 g/mol. The van der Waals surface area contributed by atoms with Crippen LogP contribution in [0.3, 0.4) is 0 Å². The Morgan fingerprint density at radius 1 is 1.36 bits per heavy atom. The minimum atomic E-state index is -0.349. The average Bonchev–Trinajstić information content (AvgIpc) is 2.56. The van der Waals surface area contributed by atoms with Crippen LogP contribution in [0.4, 0.5) is 10.2 Å². The quantitative estimate of drug-likeness (QED) is 0.761. The minimum Gasteiger partial charge on any atom is -0.382 e. The van der Waals surface area contributed by atoms with E-state index in [4.69, 9.17) is 17.3 Å². The van der Waals surface area contributed by atoms with Gasteiger partial charge in [0.2, 0.25) is 0 Å². The van der Waals surface area contributed by atoms with Gasteiger partial charge < -0.3 is 5.73 Å². The first-order chi connectivity index (χ1) is 6.66. The van der Waals surface area contributed by atoms with Crippen LogP contribution >= 0.6 is 11.6 Å². The zero-order valence-corrected chi connectivity index (χ0v) is 7.85. The van der Waals surface area contributed by atoms with Gasteiger partial charge >= 0.3 is 0 Å². The molecule has 3 N–H and O–H groups in total. The molecule has 0 aliphatic carbocycles. The van der Waals surface area contributed by atoms with Gasteiger partial charge in [-0.1, -0.05) is 11.6 Å². The van der Waals surface area contributed by atoms with Gasteiger partial charge in [-0.3, -0.25) is 5.10 Å². The van der Waals surface area contributed by atoms with Gasteiger partial charge in [-0.2, -0.15) is 5.10 Å². The summed E-state index contributed by atoms with van der Waals surface area (Å²) in [4.78, 5) is 0. The molecule has 2 rings (SSSR count). The Bertz CT molecular complexity index is 467. The van der Waals surface area contributed by atoms with E-state index in [1.54, 1.807) is 6.07 Å². The second kappa shape index (κ2) is 3.31. The lowest BCUT2D eigenvalue weighted by atomic mass is 10.1. The summed E-state index contributed by atoms with van der Waals surface area (Å²) >= 11 is 5.88. The minimum absolute atomic E-state index is 0.348.